The molecule has 0 spiro atoms. The number of ether oxygens (including phenoxy) is 6. The number of fused-ring (bicyclic) bond motifs is 3. The molecule has 3 fully saturated rings. The molecule has 7 atom stereocenters. The van der Waals surface area contributed by atoms with Crippen LogP contribution in [0.2, 0.25) is 0 Å². The third-order valence-corrected chi connectivity index (χ3v) is 13.6. The molecule has 1 aromatic carbocycles. The molecule has 3 heterocycles. The highest BCUT2D eigenvalue weighted by molar-refractivity contribution is 5.94. The molecule has 3 aliphatic carbocycles. The molecule has 0 bridgehead atoms. The Morgan fingerprint density at radius 3 is 2.24 bits per heavy atom. The quantitative estimate of drug-likeness (QED) is 0.286. The van der Waals surface area contributed by atoms with Gasteiger partial charge < -0.3 is 43.7 Å². The van der Waals surface area contributed by atoms with Crippen molar-refractivity contribution in [3.8, 4) is 11.5 Å². The van der Waals surface area contributed by atoms with Crippen molar-refractivity contribution < 1.29 is 48.5 Å². The van der Waals surface area contributed by atoms with Gasteiger partial charge in [-0.2, -0.15) is 5.01 Å². The number of hydrogen-bond acceptors (Lipinski definition) is 11. The molecular formula is C45H69N3O10. The van der Waals surface area contributed by atoms with Crippen molar-refractivity contribution >= 4 is 11.7 Å². The summed E-state index contributed by atoms with van der Waals surface area (Å²) in [6.07, 6.45) is 10.2. The third-order valence-electron chi connectivity index (χ3n) is 13.6. The smallest absolute Gasteiger partial charge is 0.341 e. The van der Waals surface area contributed by atoms with Crippen molar-refractivity contribution in [3.63, 3.8) is 0 Å². The number of carbonyl (C=O) groups excluding carboxylic acids is 1. The lowest BCUT2D eigenvalue weighted by Gasteiger charge is -2.47. The van der Waals surface area contributed by atoms with Gasteiger partial charge >= 0.3 is 6.03 Å². The summed E-state index contributed by atoms with van der Waals surface area (Å²) >= 11 is 0. The van der Waals surface area contributed by atoms with E-state index < -0.39 is 23.9 Å². The van der Waals surface area contributed by atoms with Gasteiger partial charge in [0.15, 0.2) is 11.5 Å². The van der Waals surface area contributed by atoms with E-state index in [0.717, 1.165) is 49.7 Å². The van der Waals surface area contributed by atoms with Gasteiger partial charge in [-0.05, 0) is 105 Å². The number of carbonyl (C=O) groups is 1. The predicted molar refractivity (Wildman–Crippen MR) is 220 cm³/mol. The van der Waals surface area contributed by atoms with Gasteiger partial charge in [0.05, 0.1) is 89.1 Å². The first-order valence-electron chi connectivity index (χ1n) is 22.0. The monoisotopic (exact) mass is 811 g/mol. The van der Waals surface area contributed by atoms with E-state index >= 15 is 0 Å². The maximum atomic E-state index is 14.8. The number of anilines is 1. The van der Waals surface area contributed by atoms with Gasteiger partial charge in [-0.15, -0.1) is 0 Å². The predicted octanol–water partition coefficient (Wildman–Crippen LogP) is 5.86. The molecule has 1 saturated heterocycles. The lowest BCUT2D eigenvalue weighted by atomic mass is 9.60. The Morgan fingerprint density at radius 2 is 1.57 bits per heavy atom. The normalized spacial score (nSPS) is 32.4. The van der Waals surface area contributed by atoms with E-state index in [1.165, 1.54) is 18.4 Å². The first-order chi connectivity index (χ1) is 27.9. The number of hydrazine groups is 1. The zero-order chi connectivity index (χ0) is 40.9. The highest BCUT2D eigenvalue weighted by atomic mass is 16.6. The standard InChI is InChI=1S/C45H69N3O10/c1-31(7-5-13-44(2,3)52)37-10-11-38-32(8-6-14-45(37,38)4)25-39-35-27-34(49)28-40(50)36(35)29-46-30-47(43(51)48(39)46)33-9-12-41-42(26-33)58-24-22-56-20-18-54-16-15-53-17-19-55-21-23-57-41/h9,12,25-26,31,34,37-40,49-50,52H,5-8,10-11,13-24,27-30H2,1-4H3/b32-25+/t31-,34-,37-,38?,39?,40+,45-/m1/s1. The van der Waals surface area contributed by atoms with E-state index in [2.05, 4.69) is 24.9 Å². The van der Waals surface area contributed by atoms with Crippen molar-refractivity contribution in [2.24, 2.45) is 23.2 Å². The zero-order valence-corrected chi connectivity index (χ0v) is 35.4. The first kappa shape index (κ1) is 43.3. The summed E-state index contributed by atoms with van der Waals surface area (Å²) < 4.78 is 34.9. The molecule has 324 valence electrons. The highest BCUT2D eigenvalue weighted by Gasteiger charge is 2.52. The average molecular weight is 812 g/mol. The molecule has 0 radical (unpaired) electrons. The van der Waals surface area contributed by atoms with Gasteiger partial charge in [-0.25, -0.2) is 9.80 Å². The number of urea groups is 1. The number of nitrogens with zero attached hydrogens (tertiary/aromatic N) is 3. The molecule has 1 aromatic rings. The topological polar surface area (TPSA) is 143 Å². The highest BCUT2D eigenvalue weighted by Crippen LogP contribution is 2.60. The number of allylic oxidation sites excluding steroid dienone is 1. The molecule has 2 unspecified atom stereocenters. The summed E-state index contributed by atoms with van der Waals surface area (Å²) in [7, 11) is 0. The van der Waals surface area contributed by atoms with Gasteiger partial charge in [0.2, 0.25) is 0 Å². The van der Waals surface area contributed by atoms with E-state index in [0.29, 0.717) is 127 Å². The minimum atomic E-state index is -0.757. The molecule has 2 amide bonds. The van der Waals surface area contributed by atoms with Crippen LogP contribution in [0.5, 0.6) is 11.5 Å². The molecule has 2 saturated carbocycles. The Kier molecular flexibility index (Phi) is 14.4. The Labute approximate surface area is 345 Å². The summed E-state index contributed by atoms with van der Waals surface area (Å²) in [5, 5.41) is 36.6. The van der Waals surface area contributed by atoms with Crippen LogP contribution in [0.1, 0.15) is 91.9 Å². The van der Waals surface area contributed by atoms with E-state index in [1.807, 2.05) is 37.1 Å². The van der Waals surface area contributed by atoms with Crippen LogP contribution in [0, 0.1) is 23.2 Å². The molecule has 7 rings (SSSR count). The Bertz CT molecular complexity index is 1610. The average Bonchev–Trinajstić information content (AvgIpc) is 3.71. The fourth-order valence-electron chi connectivity index (χ4n) is 10.8. The zero-order valence-electron chi connectivity index (χ0n) is 35.4. The third kappa shape index (κ3) is 10.1. The summed E-state index contributed by atoms with van der Waals surface area (Å²) in [5.74, 6) is 2.66. The van der Waals surface area contributed by atoms with Crippen LogP contribution >= 0.6 is 0 Å². The first-order valence-corrected chi connectivity index (χ1v) is 22.0. The van der Waals surface area contributed by atoms with Crippen molar-refractivity contribution in [1.82, 2.24) is 10.0 Å². The van der Waals surface area contributed by atoms with Crippen LogP contribution in [0.3, 0.4) is 0 Å². The van der Waals surface area contributed by atoms with Crippen LogP contribution in [-0.4, -0.2) is 135 Å². The summed E-state index contributed by atoms with van der Waals surface area (Å²) in [6.45, 7) is 13.6. The number of aliphatic hydroxyl groups is 3. The second-order valence-corrected chi connectivity index (χ2v) is 18.3. The fraction of sp³-hybridized carbons (Fsp3) is 0.756. The molecule has 13 nitrogen and oxygen atoms in total. The summed E-state index contributed by atoms with van der Waals surface area (Å²) in [5.41, 5.74) is 3.54. The van der Waals surface area contributed by atoms with Crippen molar-refractivity contribution in [2.45, 2.75) is 116 Å². The SMILES string of the molecule is C[C@H](CCCC(C)(C)O)[C@H]1CCC2/C(=C/C3C4=C(CN5CN(c6ccc7c(c6)OCCOCCOCCOCCOCCO7)C(=O)N35)[C@@H](O)C[C@H](O)C4)CCC[C@@]21C. The maximum absolute atomic E-state index is 14.8. The number of hydrogen-bond donors (Lipinski definition) is 3. The Balaban J connectivity index is 1.12. The lowest BCUT2D eigenvalue weighted by Crippen LogP contribution is -2.54. The van der Waals surface area contributed by atoms with Crippen LogP contribution in [-0.2, 0) is 18.9 Å². The van der Waals surface area contributed by atoms with Gasteiger partial charge in [0.1, 0.15) is 13.2 Å². The van der Waals surface area contributed by atoms with E-state index in [-0.39, 0.29) is 11.4 Å². The molecule has 3 N–H and O–H groups in total. The number of benzene rings is 1. The van der Waals surface area contributed by atoms with Gasteiger partial charge in [0, 0.05) is 19.0 Å². The van der Waals surface area contributed by atoms with Crippen molar-refractivity contribution in [3.05, 3.63) is 41.0 Å². The van der Waals surface area contributed by atoms with Crippen LogP contribution in [0.15, 0.2) is 41.0 Å². The minimum Gasteiger partial charge on any atom is -0.487 e. The second kappa shape index (κ2) is 19.3. The Morgan fingerprint density at radius 1 is 0.914 bits per heavy atom. The molecular weight excluding hydrogens is 743 g/mol. The minimum absolute atomic E-state index is 0.147. The van der Waals surface area contributed by atoms with E-state index in [4.69, 9.17) is 28.4 Å². The molecule has 58 heavy (non-hydrogen) atoms. The van der Waals surface area contributed by atoms with Crippen LogP contribution in [0.25, 0.3) is 0 Å². The number of amides is 2. The fourth-order valence-corrected chi connectivity index (χ4v) is 10.8. The van der Waals surface area contributed by atoms with Crippen molar-refractivity contribution in [2.75, 3.05) is 84.2 Å². The molecule has 13 heteroatoms. The van der Waals surface area contributed by atoms with Crippen LogP contribution in [0.4, 0.5) is 10.5 Å². The van der Waals surface area contributed by atoms with Gasteiger partial charge in [0.25, 0.3) is 0 Å². The number of aliphatic hydroxyl groups excluding tert-OH is 2. The van der Waals surface area contributed by atoms with E-state index in [1.54, 1.807) is 4.90 Å². The lowest BCUT2D eigenvalue weighted by molar-refractivity contribution is -0.00841. The molecule has 0 aromatic heterocycles. The van der Waals surface area contributed by atoms with Crippen molar-refractivity contribution in [1.29, 1.82) is 0 Å². The van der Waals surface area contributed by atoms with E-state index in [9.17, 15) is 20.1 Å². The molecule has 6 aliphatic rings. The maximum Gasteiger partial charge on any atom is 0.341 e. The second-order valence-electron chi connectivity index (χ2n) is 18.3. The van der Waals surface area contributed by atoms with Gasteiger partial charge in [-0.3, -0.25) is 4.90 Å². The van der Waals surface area contributed by atoms with Crippen LogP contribution < -0.4 is 14.4 Å². The largest absolute Gasteiger partial charge is 0.487 e. The van der Waals surface area contributed by atoms with Gasteiger partial charge in [-0.1, -0.05) is 38.3 Å². The summed E-state index contributed by atoms with van der Waals surface area (Å²) in [6, 6.07) is 5.05. The summed E-state index contributed by atoms with van der Waals surface area (Å²) in [4.78, 5) is 16.5. The Hall–Kier alpha value is -2.75. The molecule has 3 aliphatic heterocycles. The number of rotatable bonds is 7.